The average molecular weight is 157 g/mol. The maximum Gasteiger partial charge on any atom is 0.227 e. The van der Waals surface area contributed by atoms with E-state index in [0.717, 1.165) is 0 Å². The quantitative estimate of drug-likeness (QED) is 0.427. The third kappa shape index (κ3) is 5.39. The molecule has 0 aromatic rings. The molecule has 4 nitrogen and oxygen atoms in total. The van der Waals surface area contributed by atoms with Crippen molar-refractivity contribution in [3.63, 3.8) is 0 Å². The van der Waals surface area contributed by atoms with Crippen LogP contribution in [0.5, 0.6) is 0 Å². The molecule has 0 heterocycles. The Morgan fingerprint density at radius 3 is 2.27 bits per heavy atom. The Bertz CT molecular complexity index is 152. The number of amides is 1. The summed E-state index contributed by atoms with van der Waals surface area (Å²) in [7, 11) is 7.09. The minimum absolute atomic E-state index is 0.0654. The fourth-order valence-electron chi connectivity index (χ4n) is 0.465. The van der Waals surface area contributed by atoms with Crippen LogP contribution in [0.15, 0.2) is 5.10 Å². The zero-order valence-electron chi connectivity index (χ0n) is 7.53. The van der Waals surface area contributed by atoms with Crippen molar-refractivity contribution in [1.82, 2.24) is 9.91 Å². The molecule has 0 aliphatic carbocycles. The van der Waals surface area contributed by atoms with E-state index in [4.69, 9.17) is 0 Å². The van der Waals surface area contributed by atoms with Crippen LogP contribution >= 0.6 is 0 Å². The van der Waals surface area contributed by atoms with Gasteiger partial charge in [-0.25, -0.2) is 0 Å². The number of hydrazone groups is 1. The van der Waals surface area contributed by atoms with Gasteiger partial charge in [0.15, 0.2) is 0 Å². The highest BCUT2D eigenvalue weighted by atomic mass is 16.2. The van der Waals surface area contributed by atoms with Crippen molar-refractivity contribution >= 4 is 12.1 Å². The van der Waals surface area contributed by atoms with Crippen LogP contribution in [0.25, 0.3) is 0 Å². The highest BCUT2D eigenvalue weighted by Gasteiger charge is 1.99. The van der Waals surface area contributed by atoms with Crippen LogP contribution in [0.2, 0.25) is 0 Å². The van der Waals surface area contributed by atoms with Crippen LogP contribution in [0.4, 0.5) is 0 Å². The number of rotatable bonds is 3. The van der Waals surface area contributed by atoms with Crippen molar-refractivity contribution in [1.29, 1.82) is 0 Å². The van der Waals surface area contributed by atoms with Gasteiger partial charge in [0.2, 0.25) is 5.91 Å². The topological polar surface area (TPSA) is 35.9 Å². The molecule has 0 N–H and O–H groups in total. The summed E-state index contributed by atoms with van der Waals surface area (Å²) in [5.41, 5.74) is 0. The van der Waals surface area contributed by atoms with Gasteiger partial charge in [-0.3, -0.25) is 4.79 Å². The molecule has 0 rings (SSSR count). The van der Waals surface area contributed by atoms with Gasteiger partial charge in [0.05, 0.1) is 6.42 Å². The van der Waals surface area contributed by atoms with Gasteiger partial charge < -0.3 is 9.91 Å². The highest BCUT2D eigenvalue weighted by Crippen LogP contribution is 1.83. The second kappa shape index (κ2) is 4.71. The van der Waals surface area contributed by atoms with Gasteiger partial charge >= 0.3 is 0 Å². The van der Waals surface area contributed by atoms with E-state index in [1.54, 1.807) is 30.2 Å². The molecule has 0 bridgehead atoms. The smallest absolute Gasteiger partial charge is 0.227 e. The first-order valence-corrected chi connectivity index (χ1v) is 3.44. The van der Waals surface area contributed by atoms with Crippen molar-refractivity contribution in [2.75, 3.05) is 28.2 Å². The molecule has 0 spiro atoms. The number of nitrogens with zero attached hydrogens (tertiary/aromatic N) is 3. The molecule has 0 aromatic heterocycles. The third-order valence-corrected chi connectivity index (χ3v) is 1.08. The predicted octanol–water partition coefficient (Wildman–Crippen LogP) is 0.0121. The second-order valence-electron chi connectivity index (χ2n) is 2.64. The van der Waals surface area contributed by atoms with E-state index in [-0.39, 0.29) is 5.91 Å². The first-order valence-electron chi connectivity index (χ1n) is 3.44. The summed E-state index contributed by atoms with van der Waals surface area (Å²) in [6.45, 7) is 0. The summed E-state index contributed by atoms with van der Waals surface area (Å²) in [4.78, 5) is 12.5. The molecule has 0 fully saturated rings. The van der Waals surface area contributed by atoms with Crippen molar-refractivity contribution < 1.29 is 4.79 Å². The van der Waals surface area contributed by atoms with E-state index in [1.165, 1.54) is 0 Å². The maximum absolute atomic E-state index is 10.9. The van der Waals surface area contributed by atoms with Gasteiger partial charge in [0, 0.05) is 34.4 Å². The molecular formula is C7H15N3O. The number of carbonyl (C=O) groups excluding carboxylic acids is 1. The number of hydrogen-bond donors (Lipinski definition) is 0. The number of carbonyl (C=O) groups is 1. The Balaban J connectivity index is 3.62. The Kier molecular flexibility index (Phi) is 4.26. The number of hydrogen-bond acceptors (Lipinski definition) is 3. The third-order valence-electron chi connectivity index (χ3n) is 1.08. The van der Waals surface area contributed by atoms with Gasteiger partial charge in [-0.2, -0.15) is 5.10 Å². The van der Waals surface area contributed by atoms with Crippen molar-refractivity contribution in [3.8, 4) is 0 Å². The first kappa shape index (κ1) is 9.94. The van der Waals surface area contributed by atoms with Crippen molar-refractivity contribution in [3.05, 3.63) is 0 Å². The van der Waals surface area contributed by atoms with Crippen LogP contribution in [0, 0.1) is 0 Å². The fourth-order valence-corrected chi connectivity index (χ4v) is 0.465. The molecule has 0 radical (unpaired) electrons. The van der Waals surface area contributed by atoms with Crippen LogP contribution in [0.1, 0.15) is 6.42 Å². The van der Waals surface area contributed by atoms with E-state index in [0.29, 0.717) is 6.42 Å². The lowest BCUT2D eigenvalue weighted by Gasteiger charge is -2.07. The van der Waals surface area contributed by atoms with E-state index >= 15 is 0 Å². The molecule has 0 saturated carbocycles. The van der Waals surface area contributed by atoms with E-state index in [1.807, 2.05) is 14.1 Å². The van der Waals surface area contributed by atoms with E-state index in [2.05, 4.69) is 5.10 Å². The van der Waals surface area contributed by atoms with Crippen LogP contribution < -0.4 is 0 Å². The molecule has 0 aromatic carbocycles. The van der Waals surface area contributed by atoms with E-state index < -0.39 is 0 Å². The zero-order valence-corrected chi connectivity index (χ0v) is 7.53. The predicted molar refractivity (Wildman–Crippen MR) is 45.5 cm³/mol. The summed E-state index contributed by atoms with van der Waals surface area (Å²) in [6.07, 6.45) is 1.97. The molecule has 0 aliphatic rings. The Morgan fingerprint density at radius 2 is 1.91 bits per heavy atom. The Labute approximate surface area is 67.5 Å². The van der Waals surface area contributed by atoms with Gasteiger partial charge in [-0.15, -0.1) is 0 Å². The molecule has 0 saturated heterocycles. The van der Waals surface area contributed by atoms with Crippen LogP contribution in [-0.2, 0) is 4.79 Å². The van der Waals surface area contributed by atoms with Gasteiger partial charge in [-0.1, -0.05) is 0 Å². The fraction of sp³-hybridized carbons (Fsp3) is 0.714. The van der Waals surface area contributed by atoms with Gasteiger partial charge in [0.1, 0.15) is 0 Å². The molecule has 1 amide bonds. The maximum atomic E-state index is 10.9. The summed E-state index contributed by atoms with van der Waals surface area (Å²) in [6, 6.07) is 0. The van der Waals surface area contributed by atoms with E-state index in [9.17, 15) is 4.79 Å². The summed E-state index contributed by atoms with van der Waals surface area (Å²) >= 11 is 0. The van der Waals surface area contributed by atoms with Crippen molar-refractivity contribution in [2.24, 2.45) is 5.10 Å². The van der Waals surface area contributed by atoms with Gasteiger partial charge in [-0.05, 0) is 0 Å². The van der Waals surface area contributed by atoms with Gasteiger partial charge in [0.25, 0.3) is 0 Å². The lowest BCUT2D eigenvalue weighted by molar-refractivity contribution is -0.127. The summed E-state index contributed by atoms with van der Waals surface area (Å²) in [5.74, 6) is 0.0654. The zero-order chi connectivity index (χ0) is 8.85. The Morgan fingerprint density at radius 1 is 1.36 bits per heavy atom. The second-order valence-corrected chi connectivity index (χ2v) is 2.64. The SMILES string of the molecule is CN(C)N=CCC(=O)N(C)C. The summed E-state index contributed by atoms with van der Waals surface area (Å²) in [5, 5.41) is 5.56. The largest absolute Gasteiger partial charge is 0.349 e. The lowest BCUT2D eigenvalue weighted by atomic mass is 10.4. The normalized spacial score (nSPS) is 10.2. The average Bonchev–Trinajstić information content (AvgIpc) is 1.86. The monoisotopic (exact) mass is 157 g/mol. The molecule has 11 heavy (non-hydrogen) atoms. The van der Waals surface area contributed by atoms with Crippen LogP contribution in [-0.4, -0.2) is 50.2 Å². The lowest BCUT2D eigenvalue weighted by Crippen LogP contribution is -2.21. The molecule has 0 atom stereocenters. The molecule has 4 heteroatoms. The molecule has 64 valence electrons. The molecule has 0 unspecified atom stereocenters. The highest BCUT2D eigenvalue weighted by molar-refractivity contribution is 5.89. The Hall–Kier alpha value is -1.06. The standard InChI is InChI=1S/C7H15N3O/c1-9(2)7(11)5-6-8-10(3)4/h6H,5H2,1-4H3. The van der Waals surface area contributed by atoms with Crippen LogP contribution in [0.3, 0.4) is 0 Å². The molecule has 0 aliphatic heterocycles. The molecular weight excluding hydrogens is 142 g/mol. The minimum Gasteiger partial charge on any atom is -0.349 e. The minimum atomic E-state index is 0.0654. The summed E-state index contributed by atoms with van der Waals surface area (Å²) < 4.78 is 0. The van der Waals surface area contributed by atoms with Crippen molar-refractivity contribution in [2.45, 2.75) is 6.42 Å². The first-order chi connectivity index (χ1) is 5.04.